The summed E-state index contributed by atoms with van der Waals surface area (Å²) in [6.45, 7) is 2.01. The van der Waals surface area contributed by atoms with Gasteiger partial charge in [0.2, 0.25) is 0 Å². The van der Waals surface area contributed by atoms with E-state index in [-0.39, 0.29) is 6.61 Å². The lowest BCUT2D eigenvalue weighted by atomic mass is 9.98. The van der Waals surface area contributed by atoms with Crippen molar-refractivity contribution in [3.05, 3.63) is 66.9 Å². The topological polar surface area (TPSA) is 95.7 Å². The molecule has 4 aromatic heterocycles. The Labute approximate surface area is 206 Å². The van der Waals surface area contributed by atoms with Crippen LogP contribution in [0.2, 0.25) is 0 Å². The molecule has 0 radical (unpaired) electrons. The molecule has 0 bridgehead atoms. The fraction of sp³-hybridized carbons (Fsp3) is 0.308. The molecule has 1 aliphatic carbocycles. The van der Waals surface area contributed by atoms with Crippen LogP contribution in [0.25, 0.3) is 33.5 Å². The number of aromatic nitrogens is 6. The van der Waals surface area contributed by atoms with Crippen LogP contribution in [0.1, 0.15) is 25.3 Å². The van der Waals surface area contributed by atoms with Crippen molar-refractivity contribution in [2.45, 2.75) is 25.3 Å². The number of piperidine rings is 1. The lowest BCUT2D eigenvalue weighted by molar-refractivity contribution is 0.203. The van der Waals surface area contributed by atoms with Crippen LogP contribution in [-0.4, -0.2) is 54.5 Å². The standard InChI is InChI=1S/C26H25F2N7O/c27-21-2-1-3-22(24(21)28)35-15-32-33-26(35)20-13-31-25-19(20)10-18(12-30-25)17-4-5-23(29-11-17)34-8-6-16(14-36)7-9-34/h1-2,4-5,10-13,15-16,22,36H,3,6-9,14H2,(H,30,31). The van der Waals surface area contributed by atoms with E-state index in [1.807, 2.05) is 24.4 Å². The van der Waals surface area contributed by atoms with Crippen molar-refractivity contribution in [3.8, 4) is 22.5 Å². The molecule has 5 heterocycles. The Morgan fingerprint density at radius 1 is 1.08 bits per heavy atom. The second kappa shape index (κ2) is 9.27. The summed E-state index contributed by atoms with van der Waals surface area (Å²) in [6.07, 6.45) is 11.8. The number of allylic oxidation sites excluding steroid dienone is 4. The van der Waals surface area contributed by atoms with Gasteiger partial charge in [-0.25, -0.2) is 18.7 Å². The van der Waals surface area contributed by atoms with Crippen molar-refractivity contribution in [2.24, 2.45) is 5.92 Å². The van der Waals surface area contributed by atoms with Crippen LogP contribution in [0.4, 0.5) is 14.6 Å². The number of pyridine rings is 2. The van der Waals surface area contributed by atoms with Crippen LogP contribution in [-0.2, 0) is 0 Å². The average Bonchev–Trinajstić information content (AvgIpc) is 3.57. The molecular weight excluding hydrogens is 464 g/mol. The molecule has 0 spiro atoms. The molecule has 2 N–H and O–H groups in total. The minimum atomic E-state index is -0.873. The van der Waals surface area contributed by atoms with Gasteiger partial charge in [-0.15, -0.1) is 10.2 Å². The largest absolute Gasteiger partial charge is 0.396 e. The van der Waals surface area contributed by atoms with E-state index in [2.05, 4.69) is 30.0 Å². The number of aliphatic hydroxyl groups excluding tert-OH is 1. The highest BCUT2D eigenvalue weighted by Crippen LogP contribution is 2.36. The molecule has 1 unspecified atom stereocenters. The van der Waals surface area contributed by atoms with Gasteiger partial charge in [0.05, 0.1) is 6.04 Å². The van der Waals surface area contributed by atoms with Crippen molar-refractivity contribution in [1.29, 1.82) is 0 Å². The summed E-state index contributed by atoms with van der Waals surface area (Å²) in [7, 11) is 0. The maximum absolute atomic E-state index is 14.6. The molecule has 1 aliphatic heterocycles. The number of rotatable bonds is 5. The molecular formula is C26H25F2N7O. The molecule has 0 amide bonds. The Kier molecular flexibility index (Phi) is 5.80. The number of hydrogen-bond donors (Lipinski definition) is 2. The zero-order valence-electron chi connectivity index (χ0n) is 19.5. The van der Waals surface area contributed by atoms with Gasteiger partial charge in [0.1, 0.15) is 17.8 Å². The fourth-order valence-electron chi connectivity index (χ4n) is 4.98. The minimum Gasteiger partial charge on any atom is -0.396 e. The highest BCUT2D eigenvalue weighted by Gasteiger charge is 2.26. The smallest absolute Gasteiger partial charge is 0.166 e. The molecule has 2 aliphatic rings. The number of anilines is 1. The summed E-state index contributed by atoms with van der Waals surface area (Å²) in [5, 5.41) is 18.4. The second-order valence-corrected chi connectivity index (χ2v) is 9.25. The Bertz CT molecular complexity index is 1450. The van der Waals surface area contributed by atoms with E-state index in [1.165, 1.54) is 6.33 Å². The Balaban J connectivity index is 1.30. The summed E-state index contributed by atoms with van der Waals surface area (Å²) >= 11 is 0. The molecule has 36 heavy (non-hydrogen) atoms. The van der Waals surface area contributed by atoms with Gasteiger partial charge in [0.15, 0.2) is 17.5 Å². The lowest BCUT2D eigenvalue weighted by Crippen LogP contribution is -2.35. The van der Waals surface area contributed by atoms with Gasteiger partial charge in [-0.05, 0) is 49.5 Å². The van der Waals surface area contributed by atoms with Crippen LogP contribution in [0.5, 0.6) is 0 Å². The van der Waals surface area contributed by atoms with Crippen LogP contribution >= 0.6 is 0 Å². The predicted octanol–water partition coefficient (Wildman–Crippen LogP) is 4.74. The Morgan fingerprint density at radius 3 is 2.69 bits per heavy atom. The molecule has 1 fully saturated rings. The van der Waals surface area contributed by atoms with Crippen LogP contribution in [0, 0.1) is 5.92 Å². The first kappa shape index (κ1) is 22.5. The molecule has 0 aromatic carbocycles. The third kappa shape index (κ3) is 3.97. The number of fused-ring (bicyclic) bond motifs is 1. The molecule has 10 heteroatoms. The van der Waals surface area contributed by atoms with E-state index in [0.29, 0.717) is 29.4 Å². The molecule has 184 valence electrons. The van der Waals surface area contributed by atoms with E-state index in [9.17, 15) is 13.9 Å². The van der Waals surface area contributed by atoms with Crippen molar-refractivity contribution in [2.75, 3.05) is 24.6 Å². The number of aromatic amines is 1. The van der Waals surface area contributed by atoms with Gasteiger partial charge in [-0.2, -0.15) is 0 Å². The number of halogens is 2. The number of nitrogens with one attached hydrogen (secondary N) is 1. The number of H-pyrrole nitrogens is 1. The predicted molar refractivity (Wildman–Crippen MR) is 132 cm³/mol. The van der Waals surface area contributed by atoms with Gasteiger partial charge in [-0.3, -0.25) is 0 Å². The van der Waals surface area contributed by atoms with Crippen LogP contribution in [0.3, 0.4) is 0 Å². The summed E-state index contributed by atoms with van der Waals surface area (Å²) < 4.78 is 30.0. The number of aliphatic hydroxyl groups is 1. The third-order valence-corrected chi connectivity index (χ3v) is 7.10. The van der Waals surface area contributed by atoms with E-state index < -0.39 is 17.7 Å². The molecule has 1 atom stereocenters. The average molecular weight is 490 g/mol. The minimum absolute atomic E-state index is 0.243. The second-order valence-electron chi connectivity index (χ2n) is 9.25. The highest BCUT2D eigenvalue weighted by atomic mass is 19.2. The van der Waals surface area contributed by atoms with E-state index in [4.69, 9.17) is 0 Å². The van der Waals surface area contributed by atoms with Crippen molar-refractivity contribution < 1.29 is 13.9 Å². The molecule has 1 saturated heterocycles. The monoisotopic (exact) mass is 489 g/mol. The molecule has 4 aromatic rings. The normalized spacial score (nSPS) is 19.0. The van der Waals surface area contributed by atoms with Crippen LogP contribution in [0.15, 0.2) is 66.9 Å². The fourth-order valence-corrected chi connectivity index (χ4v) is 4.98. The molecule has 8 nitrogen and oxygen atoms in total. The third-order valence-electron chi connectivity index (χ3n) is 7.10. The first-order valence-electron chi connectivity index (χ1n) is 12.0. The van der Waals surface area contributed by atoms with E-state index in [0.717, 1.165) is 54.3 Å². The van der Waals surface area contributed by atoms with E-state index in [1.54, 1.807) is 23.0 Å². The first-order valence-corrected chi connectivity index (χ1v) is 12.0. The van der Waals surface area contributed by atoms with Gasteiger partial charge < -0.3 is 19.6 Å². The van der Waals surface area contributed by atoms with Crippen molar-refractivity contribution >= 4 is 16.9 Å². The molecule has 0 saturated carbocycles. The van der Waals surface area contributed by atoms with Crippen molar-refractivity contribution in [3.63, 3.8) is 0 Å². The maximum Gasteiger partial charge on any atom is 0.166 e. The Morgan fingerprint density at radius 2 is 1.92 bits per heavy atom. The summed E-state index contributed by atoms with van der Waals surface area (Å²) in [5.41, 5.74) is 3.16. The van der Waals surface area contributed by atoms with Crippen LogP contribution < -0.4 is 4.90 Å². The number of nitrogens with zero attached hydrogens (tertiary/aromatic N) is 6. The van der Waals surface area contributed by atoms with E-state index >= 15 is 0 Å². The number of hydrogen-bond acceptors (Lipinski definition) is 6. The van der Waals surface area contributed by atoms with Gasteiger partial charge >= 0.3 is 0 Å². The quantitative estimate of drug-likeness (QED) is 0.420. The lowest BCUT2D eigenvalue weighted by Gasteiger charge is -2.32. The summed E-state index contributed by atoms with van der Waals surface area (Å²) in [4.78, 5) is 14.6. The summed E-state index contributed by atoms with van der Waals surface area (Å²) in [6, 6.07) is 5.19. The Hall–Kier alpha value is -3.92. The zero-order valence-corrected chi connectivity index (χ0v) is 19.5. The zero-order chi connectivity index (χ0) is 24.6. The first-order chi connectivity index (χ1) is 17.6. The van der Waals surface area contributed by atoms with Gasteiger partial charge in [-0.1, -0.05) is 6.08 Å². The van der Waals surface area contributed by atoms with Gasteiger partial charge in [0.25, 0.3) is 0 Å². The maximum atomic E-state index is 14.6. The van der Waals surface area contributed by atoms with Gasteiger partial charge in [0, 0.05) is 60.4 Å². The summed E-state index contributed by atoms with van der Waals surface area (Å²) in [5.74, 6) is 0.0268. The highest BCUT2D eigenvalue weighted by molar-refractivity contribution is 5.94. The van der Waals surface area contributed by atoms with Crippen molar-refractivity contribution in [1.82, 2.24) is 29.7 Å². The molecule has 6 rings (SSSR count). The SMILES string of the molecule is OCC1CCN(c2ccc(-c3cnc4[nH]cc(-c5nncn5C5CC=CC(F)=C5F)c4c3)cn2)CC1.